The molecule has 1 rings (SSSR count). The Morgan fingerprint density at radius 3 is 2.62 bits per heavy atom. The average Bonchev–Trinajstić information content (AvgIpc) is 2.43. The number of nitrogens with zero attached hydrogens (tertiary/aromatic N) is 1. The summed E-state index contributed by atoms with van der Waals surface area (Å²) in [6.07, 6.45) is 2.39. The van der Waals surface area contributed by atoms with Crippen molar-refractivity contribution in [3.05, 3.63) is 33.9 Å². The molecule has 5 nitrogen and oxygen atoms in total. The van der Waals surface area contributed by atoms with E-state index in [1.54, 1.807) is 19.1 Å². The molecule has 0 aliphatic heterocycles. The van der Waals surface area contributed by atoms with Crippen LogP contribution in [-0.2, 0) is 4.79 Å². The van der Waals surface area contributed by atoms with Gasteiger partial charge >= 0.3 is 0 Å². The van der Waals surface area contributed by atoms with Crippen LogP contribution < -0.4 is 4.74 Å². The monoisotopic (exact) mass is 293 g/mol. The van der Waals surface area contributed by atoms with Gasteiger partial charge in [-0.15, -0.1) is 0 Å². The van der Waals surface area contributed by atoms with E-state index in [1.165, 1.54) is 6.07 Å². The summed E-state index contributed by atoms with van der Waals surface area (Å²) in [5.74, 6) is 0.619. The largest absolute Gasteiger partial charge is 0.492 e. The number of benzene rings is 1. The number of carbonyl (C=O) groups excluding carboxylic acids is 1. The summed E-state index contributed by atoms with van der Waals surface area (Å²) in [5.41, 5.74) is -0.0754. The lowest BCUT2D eigenvalue weighted by Crippen LogP contribution is -2.31. The Labute approximate surface area is 125 Å². The maximum Gasteiger partial charge on any atom is 0.276 e. The minimum absolute atomic E-state index is 0.0302. The molecule has 0 spiro atoms. The Hall–Kier alpha value is -1.91. The third-order valence-corrected chi connectivity index (χ3v) is 3.55. The SMILES string of the molecule is CCCCC(=O)C(C)(C)COc1cccc([N+](=O)[O-])c1C. The van der Waals surface area contributed by atoms with Crippen molar-refractivity contribution in [2.75, 3.05) is 6.61 Å². The summed E-state index contributed by atoms with van der Waals surface area (Å²) >= 11 is 0. The molecule has 0 unspecified atom stereocenters. The molecule has 5 heteroatoms. The molecule has 0 N–H and O–H groups in total. The Balaban J connectivity index is 2.77. The highest BCUT2D eigenvalue weighted by atomic mass is 16.6. The summed E-state index contributed by atoms with van der Waals surface area (Å²) in [5, 5.41) is 10.9. The van der Waals surface area contributed by atoms with Gasteiger partial charge in [0, 0.05) is 12.5 Å². The molecular formula is C16H23NO4. The van der Waals surface area contributed by atoms with Gasteiger partial charge in [0.2, 0.25) is 0 Å². The molecule has 0 bridgehead atoms. The van der Waals surface area contributed by atoms with E-state index < -0.39 is 10.3 Å². The van der Waals surface area contributed by atoms with Crippen molar-refractivity contribution < 1.29 is 14.5 Å². The van der Waals surface area contributed by atoms with Gasteiger partial charge in [-0.1, -0.05) is 19.4 Å². The number of rotatable bonds is 8. The third-order valence-electron chi connectivity index (χ3n) is 3.55. The van der Waals surface area contributed by atoms with Crippen molar-refractivity contribution in [1.82, 2.24) is 0 Å². The van der Waals surface area contributed by atoms with Gasteiger partial charge in [-0.2, -0.15) is 0 Å². The third kappa shape index (κ3) is 4.55. The van der Waals surface area contributed by atoms with E-state index in [0.717, 1.165) is 12.8 Å². The second-order valence-corrected chi connectivity index (χ2v) is 5.86. The first-order valence-corrected chi connectivity index (χ1v) is 7.19. The lowest BCUT2D eigenvalue weighted by Gasteiger charge is -2.23. The summed E-state index contributed by atoms with van der Waals surface area (Å²) in [4.78, 5) is 22.6. The quantitative estimate of drug-likeness (QED) is 0.535. The number of Topliss-reactive ketones (excluding diaryl/α,β-unsaturated/α-hetero) is 1. The van der Waals surface area contributed by atoms with Crippen LogP contribution in [0.4, 0.5) is 5.69 Å². The minimum Gasteiger partial charge on any atom is -0.492 e. The van der Waals surface area contributed by atoms with Gasteiger partial charge in [-0.25, -0.2) is 0 Å². The predicted molar refractivity (Wildman–Crippen MR) is 81.6 cm³/mol. The van der Waals surface area contributed by atoms with Crippen molar-refractivity contribution in [3.63, 3.8) is 0 Å². The van der Waals surface area contributed by atoms with Crippen LogP contribution in [0.1, 0.15) is 45.6 Å². The zero-order chi connectivity index (χ0) is 16.0. The van der Waals surface area contributed by atoms with E-state index in [1.807, 2.05) is 20.8 Å². The highest BCUT2D eigenvalue weighted by Gasteiger charge is 2.28. The van der Waals surface area contributed by atoms with E-state index in [-0.39, 0.29) is 18.1 Å². The van der Waals surface area contributed by atoms with Crippen LogP contribution in [-0.4, -0.2) is 17.3 Å². The lowest BCUT2D eigenvalue weighted by atomic mass is 9.86. The number of unbranched alkanes of at least 4 members (excludes halogenated alkanes) is 1. The van der Waals surface area contributed by atoms with E-state index in [0.29, 0.717) is 17.7 Å². The average molecular weight is 293 g/mol. The van der Waals surface area contributed by atoms with Crippen molar-refractivity contribution in [1.29, 1.82) is 0 Å². The number of hydrogen-bond acceptors (Lipinski definition) is 4. The van der Waals surface area contributed by atoms with Crippen LogP contribution >= 0.6 is 0 Å². The minimum atomic E-state index is -0.591. The Morgan fingerprint density at radius 1 is 1.38 bits per heavy atom. The normalized spacial score (nSPS) is 11.2. The highest BCUT2D eigenvalue weighted by molar-refractivity contribution is 5.84. The molecule has 0 heterocycles. The molecule has 0 fully saturated rings. The van der Waals surface area contributed by atoms with E-state index in [2.05, 4.69) is 0 Å². The molecule has 0 amide bonds. The molecule has 0 aromatic heterocycles. The first-order valence-electron chi connectivity index (χ1n) is 7.19. The zero-order valence-electron chi connectivity index (χ0n) is 13.1. The van der Waals surface area contributed by atoms with Crippen LogP contribution in [0.3, 0.4) is 0 Å². The van der Waals surface area contributed by atoms with Crippen LogP contribution in [0.25, 0.3) is 0 Å². The molecule has 1 aromatic rings. The van der Waals surface area contributed by atoms with Crippen molar-refractivity contribution >= 4 is 11.5 Å². The summed E-state index contributed by atoms with van der Waals surface area (Å²) in [6, 6.07) is 4.72. The number of ether oxygens (including phenoxy) is 1. The number of hydrogen-bond donors (Lipinski definition) is 0. The van der Waals surface area contributed by atoms with Gasteiger partial charge < -0.3 is 4.74 Å². The molecule has 0 aliphatic carbocycles. The first-order chi connectivity index (χ1) is 9.79. The first kappa shape index (κ1) is 17.1. The van der Waals surface area contributed by atoms with Crippen LogP contribution in [0, 0.1) is 22.5 Å². The Bertz CT molecular complexity index is 523. The standard InChI is InChI=1S/C16H23NO4/c1-5-6-10-15(18)16(3,4)11-21-14-9-7-8-13(12(14)2)17(19)20/h7-9H,5-6,10-11H2,1-4H3. The van der Waals surface area contributed by atoms with Crippen molar-refractivity contribution in [3.8, 4) is 5.75 Å². The van der Waals surface area contributed by atoms with Crippen LogP contribution in [0.15, 0.2) is 18.2 Å². The summed E-state index contributed by atoms with van der Waals surface area (Å²) in [7, 11) is 0. The zero-order valence-corrected chi connectivity index (χ0v) is 13.1. The van der Waals surface area contributed by atoms with Crippen molar-refractivity contribution in [2.24, 2.45) is 5.41 Å². The molecule has 1 aromatic carbocycles. The topological polar surface area (TPSA) is 69.4 Å². The van der Waals surface area contributed by atoms with Gasteiger partial charge in [0.25, 0.3) is 5.69 Å². The molecule has 21 heavy (non-hydrogen) atoms. The smallest absolute Gasteiger partial charge is 0.276 e. The molecule has 116 valence electrons. The number of nitro benzene ring substituents is 1. The van der Waals surface area contributed by atoms with E-state index >= 15 is 0 Å². The fraction of sp³-hybridized carbons (Fsp3) is 0.562. The van der Waals surface area contributed by atoms with Gasteiger partial charge in [-0.05, 0) is 33.3 Å². The highest BCUT2D eigenvalue weighted by Crippen LogP contribution is 2.29. The van der Waals surface area contributed by atoms with E-state index in [4.69, 9.17) is 4.74 Å². The lowest BCUT2D eigenvalue weighted by molar-refractivity contribution is -0.385. The second kappa shape index (κ2) is 7.20. The predicted octanol–water partition coefficient (Wildman–Crippen LogP) is 4.07. The molecule has 0 radical (unpaired) electrons. The van der Waals surface area contributed by atoms with Crippen LogP contribution in [0.5, 0.6) is 5.75 Å². The summed E-state index contributed by atoms with van der Waals surface area (Å²) in [6.45, 7) is 7.61. The second-order valence-electron chi connectivity index (χ2n) is 5.86. The molecule has 0 aliphatic rings. The maximum absolute atomic E-state index is 12.1. The Morgan fingerprint density at radius 2 is 2.05 bits per heavy atom. The number of carbonyl (C=O) groups is 1. The number of ketones is 1. The fourth-order valence-electron chi connectivity index (χ4n) is 1.97. The maximum atomic E-state index is 12.1. The molecule has 0 saturated heterocycles. The molecular weight excluding hydrogens is 270 g/mol. The Kier molecular flexibility index (Phi) is 5.88. The van der Waals surface area contributed by atoms with Gasteiger partial charge in [-0.3, -0.25) is 14.9 Å². The number of nitro groups is 1. The molecule has 0 atom stereocenters. The van der Waals surface area contributed by atoms with E-state index in [9.17, 15) is 14.9 Å². The molecule has 0 saturated carbocycles. The van der Waals surface area contributed by atoms with Crippen molar-refractivity contribution in [2.45, 2.75) is 47.0 Å². The van der Waals surface area contributed by atoms with Gasteiger partial charge in [0.15, 0.2) is 0 Å². The summed E-state index contributed by atoms with van der Waals surface area (Å²) < 4.78 is 5.67. The van der Waals surface area contributed by atoms with Crippen LogP contribution in [0.2, 0.25) is 0 Å². The fourth-order valence-corrected chi connectivity index (χ4v) is 1.97. The van der Waals surface area contributed by atoms with Gasteiger partial charge in [0.05, 0.1) is 15.9 Å². The van der Waals surface area contributed by atoms with Gasteiger partial charge in [0.1, 0.15) is 18.1 Å².